The molecule has 98 valence electrons. The predicted molar refractivity (Wildman–Crippen MR) is 63.5 cm³/mol. The lowest BCUT2D eigenvalue weighted by molar-refractivity contribution is 0.0587. The average molecular weight is 264 g/mol. The van der Waals surface area contributed by atoms with Crippen molar-refractivity contribution in [2.75, 3.05) is 7.11 Å². The number of halogens is 2. The maximum absolute atomic E-state index is 13.7. The van der Waals surface area contributed by atoms with E-state index in [2.05, 4.69) is 14.7 Å². The molecule has 4 nitrogen and oxygen atoms in total. The number of esters is 1. The number of aryl methyl sites for hydroxylation is 1. The molecule has 0 atom stereocenters. The standard InChI is InChI=1S/C13H10F2N2O2/c1-7-6-16-12(13(18)19-2)17-11(7)8-4-3-5-9(14)10(8)15/h3-6H,1-2H3. The Bertz CT molecular complexity index is 645. The molecule has 6 heteroatoms. The highest BCUT2D eigenvalue weighted by Crippen LogP contribution is 2.25. The Balaban J connectivity index is 2.61. The highest BCUT2D eigenvalue weighted by Gasteiger charge is 2.17. The SMILES string of the molecule is COC(=O)c1ncc(C)c(-c2cccc(F)c2F)n1. The van der Waals surface area contributed by atoms with Crippen LogP contribution in [0.25, 0.3) is 11.3 Å². The third-order valence-electron chi connectivity index (χ3n) is 2.55. The number of nitrogens with zero attached hydrogens (tertiary/aromatic N) is 2. The van der Waals surface area contributed by atoms with Gasteiger partial charge >= 0.3 is 5.97 Å². The zero-order valence-corrected chi connectivity index (χ0v) is 10.3. The maximum Gasteiger partial charge on any atom is 0.376 e. The first-order valence-corrected chi connectivity index (χ1v) is 5.41. The molecule has 0 aliphatic heterocycles. The van der Waals surface area contributed by atoms with Crippen LogP contribution in [0.1, 0.15) is 16.2 Å². The Kier molecular flexibility index (Phi) is 3.50. The molecule has 1 heterocycles. The van der Waals surface area contributed by atoms with E-state index in [1.807, 2.05) is 0 Å². The molecule has 0 bridgehead atoms. The largest absolute Gasteiger partial charge is 0.463 e. The van der Waals surface area contributed by atoms with Gasteiger partial charge in [0.05, 0.1) is 12.8 Å². The Morgan fingerprint density at radius 2 is 2.05 bits per heavy atom. The molecule has 0 aliphatic rings. The van der Waals surface area contributed by atoms with E-state index in [0.717, 1.165) is 6.07 Å². The summed E-state index contributed by atoms with van der Waals surface area (Å²) in [5.74, 6) is -2.93. The van der Waals surface area contributed by atoms with Crippen LogP contribution >= 0.6 is 0 Å². The van der Waals surface area contributed by atoms with Crippen LogP contribution in [0.3, 0.4) is 0 Å². The average Bonchev–Trinajstić information content (AvgIpc) is 2.42. The van der Waals surface area contributed by atoms with Gasteiger partial charge in [-0.05, 0) is 24.6 Å². The number of rotatable bonds is 2. The first kappa shape index (κ1) is 13.1. The molecule has 1 aromatic carbocycles. The molecule has 1 aromatic heterocycles. The topological polar surface area (TPSA) is 52.1 Å². The lowest BCUT2D eigenvalue weighted by Crippen LogP contribution is -2.09. The Morgan fingerprint density at radius 3 is 2.74 bits per heavy atom. The van der Waals surface area contributed by atoms with Crippen molar-refractivity contribution in [1.82, 2.24) is 9.97 Å². The molecule has 2 rings (SSSR count). The number of hydrogen-bond acceptors (Lipinski definition) is 4. The van der Waals surface area contributed by atoms with Crippen molar-refractivity contribution in [3.8, 4) is 11.3 Å². The maximum atomic E-state index is 13.7. The van der Waals surface area contributed by atoms with Gasteiger partial charge in [0.2, 0.25) is 5.82 Å². The summed E-state index contributed by atoms with van der Waals surface area (Å²) in [6.07, 6.45) is 1.36. The summed E-state index contributed by atoms with van der Waals surface area (Å²) in [6.45, 7) is 1.64. The van der Waals surface area contributed by atoms with Crippen molar-refractivity contribution >= 4 is 5.97 Å². The van der Waals surface area contributed by atoms with Gasteiger partial charge < -0.3 is 4.74 Å². The van der Waals surface area contributed by atoms with Crippen molar-refractivity contribution in [2.24, 2.45) is 0 Å². The van der Waals surface area contributed by atoms with E-state index in [9.17, 15) is 13.6 Å². The first-order valence-electron chi connectivity index (χ1n) is 5.41. The second-order valence-corrected chi connectivity index (χ2v) is 3.82. The molecule has 0 N–H and O–H groups in total. The highest BCUT2D eigenvalue weighted by molar-refractivity contribution is 5.85. The summed E-state index contributed by atoms with van der Waals surface area (Å²) in [4.78, 5) is 19.1. The van der Waals surface area contributed by atoms with Gasteiger partial charge in [-0.15, -0.1) is 0 Å². The van der Waals surface area contributed by atoms with E-state index in [1.54, 1.807) is 6.92 Å². The zero-order valence-electron chi connectivity index (χ0n) is 10.3. The Morgan fingerprint density at radius 1 is 1.32 bits per heavy atom. The quantitative estimate of drug-likeness (QED) is 0.782. The first-order chi connectivity index (χ1) is 9.04. The number of hydrogen-bond donors (Lipinski definition) is 0. The van der Waals surface area contributed by atoms with Crippen molar-refractivity contribution < 1.29 is 18.3 Å². The number of benzene rings is 1. The smallest absolute Gasteiger partial charge is 0.376 e. The molecule has 0 fully saturated rings. The summed E-state index contributed by atoms with van der Waals surface area (Å²) < 4.78 is 31.4. The van der Waals surface area contributed by atoms with Crippen molar-refractivity contribution in [3.05, 3.63) is 47.4 Å². The van der Waals surface area contributed by atoms with E-state index in [-0.39, 0.29) is 17.1 Å². The normalized spacial score (nSPS) is 10.3. The molecule has 0 unspecified atom stereocenters. The van der Waals surface area contributed by atoms with Gasteiger partial charge in [0.1, 0.15) is 0 Å². The van der Waals surface area contributed by atoms with Crippen molar-refractivity contribution in [2.45, 2.75) is 6.92 Å². The molecule has 0 spiro atoms. The van der Waals surface area contributed by atoms with E-state index in [4.69, 9.17) is 0 Å². The van der Waals surface area contributed by atoms with Gasteiger partial charge in [0.25, 0.3) is 0 Å². The van der Waals surface area contributed by atoms with E-state index >= 15 is 0 Å². The summed E-state index contributed by atoms with van der Waals surface area (Å²) in [6, 6.07) is 3.76. The molecular formula is C13H10F2N2O2. The Hall–Kier alpha value is -2.37. The van der Waals surface area contributed by atoms with E-state index < -0.39 is 17.6 Å². The van der Waals surface area contributed by atoms with Crippen molar-refractivity contribution in [1.29, 1.82) is 0 Å². The molecule has 0 aliphatic carbocycles. The minimum Gasteiger partial charge on any atom is -0.463 e. The van der Waals surface area contributed by atoms with Crippen LogP contribution < -0.4 is 0 Å². The van der Waals surface area contributed by atoms with Gasteiger partial charge in [0.15, 0.2) is 11.6 Å². The molecule has 0 amide bonds. The van der Waals surface area contributed by atoms with Gasteiger partial charge in [-0.25, -0.2) is 23.5 Å². The third kappa shape index (κ3) is 2.42. The number of methoxy groups -OCH3 is 1. The van der Waals surface area contributed by atoms with Gasteiger partial charge in [-0.2, -0.15) is 0 Å². The van der Waals surface area contributed by atoms with Crippen LogP contribution in [0.2, 0.25) is 0 Å². The second-order valence-electron chi connectivity index (χ2n) is 3.82. The van der Waals surface area contributed by atoms with Crippen LogP contribution in [0, 0.1) is 18.6 Å². The fourth-order valence-electron chi connectivity index (χ4n) is 1.59. The number of carbonyl (C=O) groups excluding carboxylic acids is 1. The molecule has 19 heavy (non-hydrogen) atoms. The Labute approximate surface area is 108 Å². The fourth-order valence-corrected chi connectivity index (χ4v) is 1.59. The minimum atomic E-state index is -1.01. The summed E-state index contributed by atoms with van der Waals surface area (Å²) in [5, 5.41) is 0. The lowest BCUT2D eigenvalue weighted by Gasteiger charge is -2.07. The van der Waals surface area contributed by atoms with Crippen LogP contribution in [0.5, 0.6) is 0 Å². The molecule has 0 radical (unpaired) electrons. The van der Waals surface area contributed by atoms with Gasteiger partial charge in [-0.3, -0.25) is 0 Å². The van der Waals surface area contributed by atoms with Crippen LogP contribution in [-0.2, 0) is 4.74 Å². The number of carbonyl (C=O) groups is 1. The summed E-state index contributed by atoms with van der Waals surface area (Å²) >= 11 is 0. The van der Waals surface area contributed by atoms with Crippen LogP contribution in [-0.4, -0.2) is 23.0 Å². The molecule has 0 saturated carbocycles. The fraction of sp³-hybridized carbons (Fsp3) is 0.154. The number of aromatic nitrogens is 2. The van der Waals surface area contributed by atoms with Crippen molar-refractivity contribution in [3.63, 3.8) is 0 Å². The predicted octanol–water partition coefficient (Wildman–Crippen LogP) is 2.52. The third-order valence-corrected chi connectivity index (χ3v) is 2.55. The van der Waals surface area contributed by atoms with Gasteiger partial charge in [0, 0.05) is 11.8 Å². The summed E-state index contributed by atoms with van der Waals surface area (Å²) in [5.41, 5.74) is 0.662. The van der Waals surface area contributed by atoms with E-state index in [0.29, 0.717) is 5.56 Å². The van der Waals surface area contributed by atoms with Crippen LogP contribution in [0.4, 0.5) is 8.78 Å². The summed E-state index contributed by atoms with van der Waals surface area (Å²) in [7, 11) is 1.19. The van der Waals surface area contributed by atoms with Crippen LogP contribution in [0.15, 0.2) is 24.4 Å². The van der Waals surface area contributed by atoms with Gasteiger partial charge in [-0.1, -0.05) is 6.07 Å². The number of ether oxygens (including phenoxy) is 1. The monoisotopic (exact) mass is 264 g/mol. The highest BCUT2D eigenvalue weighted by atomic mass is 19.2. The molecule has 0 saturated heterocycles. The zero-order chi connectivity index (χ0) is 14.0. The lowest BCUT2D eigenvalue weighted by atomic mass is 10.1. The second kappa shape index (κ2) is 5.09. The molecule has 2 aromatic rings. The minimum absolute atomic E-state index is 0.0231. The van der Waals surface area contributed by atoms with E-state index in [1.165, 1.54) is 25.4 Å². The molecular weight excluding hydrogens is 254 g/mol.